The first-order chi connectivity index (χ1) is 9.26. The van der Waals surface area contributed by atoms with Crippen LogP contribution in [0.2, 0.25) is 0 Å². The normalized spacial score (nSPS) is 16.7. The molecule has 2 aromatic rings. The van der Waals surface area contributed by atoms with Gasteiger partial charge in [0.05, 0.1) is 6.54 Å². The molecule has 0 aromatic carbocycles. The van der Waals surface area contributed by atoms with Gasteiger partial charge in [-0.2, -0.15) is 4.98 Å². The molecule has 0 radical (unpaired) electrons. The molecule has 5 nitrogen and oxygen atoms in total. The van der Waals surface area contributed by atoms with E-state index in [0.29, 0.717) is 12.5 Å². The van der Waals surface area contributed by atoms with Crippen LogP contribution in [-0.4, -0.2) is 14.7 Å². The predicted octanol–water partition coefficient (Wildman–Crippen LogP) is 2.28. The van der Waals surface area contributed by atoms with E-state index in [1.165, 1.54) is 18.4 Å². The third-order valence-corrected chi connectivity index (χ3v) is 3.59. The Morgan fingerprint density at radius 2 is 2.37 bits per heavy atom. The van der Waals surface area contributed by atoms with E-state index in [4.69, 9.17) is 10.3 Å². The van der Waals surface area contributed by atoms with Gasteiger partial charge in [-0.3, -0.25) is 0 Å². The molecule has 1 aliphatic rings. The van der Waals surface area contributed by atoms with Crippen molar-refractivity contribution in [1.29, 1.82) is 0 Å². The van der Waals surface area contributed by atoms with Crippen molar-refractivity contribution in [2.24, 2.45) is 11.7 Å². The van der Waals surface area contributed by atoms with E-state index in [0.717, 1.165) is 24.6 Å². The molecule has 0 amide bonds. The zero-order valence-corrected chi connectivity index (χ0v) is 11.2. The van der Waals surface area contributed by atoms with E-state index in [2.05, 4.69) is 33.9 Å². The molecular formula is C14H20N4O. The number of hydrogen-bond donors (Lipinski definition) is 1. The molecule has 102 valence electrons. The van der Waals surface area contributed by atoms with Gasteiger partial charge in [-0.25, -0.2) is 0 Å². The molecule has 0 bridgehead atoms. The SMILES string of the molecule is CCCc1nc(Cn2ccc(C(N)C3CC3)c2)no1. The Labute approximate surface area is 112 Å². The Kier molecular flexibility index (Phi) is 3.38. The van der Waals surface area contributed by atoms with Crippen molar-refractivity contribution in [3.8, 4) is 0 Å². The molecule has 1 fully saturated rings. The van der Waals surface area contributed by atoms with Gasteiger partial charge in [-0.1, -0.05) is 12.1 Å². The Hall–Kier alpha value is -1.62. The largest absolute Gasteiger partial charge is 0.346 e. The van der Waals surface area contributed by atoms with Gasteiger partial charge in [0, 0.05) is 24.9 Å². The molecule has 0 aliphatic heterocycles. The van der Waals surface area contributed by atoms with Crippen LogP contribution in [0.15, 0.2) is 23.0 Å². The summed E-state index contributed by atoms with van der Waals surface area (Å²) in [6.45, 7) is 2.74. The third kappa shape index (κ3) is 2.87. The second-order valence-corrected chi connectivity index (χ2v) is 5.33. The van der Waals surface area contributed by atoms with E-state index < -0.39 is 0 Å². The summed E-state index contributed by atoms with van der Waals surface area (Å²) in [7, 11) is 0. The lowest BCUT2D eigenvalue weighted by Crippen LogP contribution is -2.11. The van der Waals surface area contributed by atoms with Gasteiger partial charge in [-0.15, -0.1) is 0 Å². The number of aromatic nitrogens is 3. The lowest BCUT2D eigenvalue weighted by molar-refractivity contribution is 0.371. The maximum atomic E-state index is 6.19. The van der Waals surface area contributed by atoms with Crippen molar-refractivity contribution in [3.63, 3.8) is 0 Å². The predicted molar refractivity (Wildman–Crippen MR) is 71.5 cm³/mol. The molecule has 3 rings (SSSR count). The second-order valence-electron chi connectivity index (χ2n) is 5.33. The number of hydrogen-bond acceptors (Lipinski definition) is 4. The zero-order valence-electron chi connectivity index (χ0n) is 11.2. The number of nitrogens with zero attached hydrogens (tertiary/aromatic N) is 3. The molecule has 2 N–H and O–H groups in total. The summed E-state index contributed by atoms with van der Waals surface area (Å²) in [6, 6.07) is 2.28. The molecule has 2 aromatic heterocycles. The quantitative estimate of drug-likeness (QED) is 0.865. The zero-order chi connectivity index (χ0) is 13.2. The summed E-state index contributed by atoms with van der Waals surface area (Å²) in [5.74, 6) is 2.13. The summed E-state index contributed by atoms with van der Waals surface area (Å²) >= 11 is 0. The van der Waals surface area contributed by atoms with Crippen LogP contribution in [0.1, 0.15) is 49.5 Å². The van der Waals surface area contributed by atoms with Crippen molar-refractivity contribution in [2.45, 2.75) is 45.2 Å². The van der Waals surface area contributed by atoms with Gasteiger partial charge in [0.2, 0.25) is 5.89 Å². The molecule has 1 saturated carbocycles. The minimum Gasteiger partial charge on any atom is -0.346 e. The summed E-state index contributed by atoms with van der Waals surface area (Å²) in [5.41, 5.74) is 7.40. The first-order valence-corrected chi connectivity index (χ1v) is 6.99. The highest BCUT2D eigenvalue weighted by molar-refractivity contribution is 5.18. The summed E-state index contributed by atoms with van der Waals surface area (Å²) in [6.07, 6.45) is 8.52. The Balaban J connectivity index is 1.65. The molecule has 5 heteroatoms. The molecule has 1 atom stereocenters. The third-order valence-electron chi connectivity index (χ3n) is 3.59. The van der Waals surface area contributed by atoms with Crippen molar-refractivity contribution in [1.82, 2.24) is 14.7 Å². The molecule has 2 heterocycles. The number of nitrogens with two attached hydrogens (primary N) is 1. The van der Waals surface area contributed by atoms with Crippen molar-refractivity contribution >= 4 is 0 Å². The van der Waals surface area contributed by atoms with Crippen LogP contribution in [0.25, 0.3) is 0 Å². The summed E-state index contributed by atoms with van der Waals surface area (Å²) in [5, 5.41) is 3.99. The monoisotopic (exact) mass is 260 g/mol. The van der Waals surface area contributed by atoms with E-state index in [1.807, 2.05) is 6.20 Å². The molecule has 1 aliphatic carbocycles. The van der Waals surface area contributed by atoms with E-state index >= 15 is 0 Å². The molecule has 19 heavy (non-hydrogen) atoms. The molecular weight excluding hydrogens is 240 g/mol. The molecule has 0 spiro atoms. The molecule has 1 unspecified atom stereocenters. The lowest BCUT2D eigenvalue weighted by Gasteiger charge is -2.06. The highest BCUT2D eigenvalue weighted by atomic mass is 16.5. The lowest BCUT2D eigenvalue weighted by atomic mass is 10.1. The van der Waals surface area contributed by atoms with Gasteiger partial charge in [0.15, 0.2) is 5.82 Å². The van der Waals surface area contributed by atoms with Gasteiger partial charge in [0.25, 0.3) is 0 Å². The minimum absolute atomic E-state index is 0.183. The first kappa shape index (κ1) is 12.4. The van der Waals surface area contributed by atoms with Crippen LogP contribution >= 0.6 is 0 Å². The average molecular weight is 260 g/mol. The summed E-state index contributed by atoms with van der Waals surface area (Å²) < 4.78 is 7.25. The van der Waals surface area contributed by atoms with E-state index in [-0.39, 0.29) is 6.04 Å². The second kappa shape index (κ2) is 5.17. The molecule has 0 saturated heterocycles. The average Bonchev–Trinajstić information content (AvgIpc) is 3.00. The summed E-state index contributed by atoms with van der Waals surface area (Å²) in [4.78, 5) is 4.37. The van der Waals surface area contributed by atoms with Gasteiger partial charge in [0.1, 0.15) is 0 Å². The highest BCUT2D eigenvalue weighted by Crippen LogP contribution is 2.39. The Morgan fingerprint density at radius 1 is 1.53 bits per heavy atom. The fourth-order valence-electron chi connectivity index (χ4n) is 2.32. The van der Waals surface area contributed by atoms with Crippen LogP contribution in [0.5, 0.6) is 0 Å². The van der Waals surface area contributed by atoms with Crippen molar-refractivity contribution < 1.29 is 4.52 Å². The van der Waals surface area contributed by atoms with Crippen LogP contribution in [-0.2, 0) is 13.0 Å². The van der Waals surface area contributed by atoms with E-state index in [1.54, 1.807) is 0 Å². The van der Waals surface area contributed by atoms with Crippen molar-refractivity contribution in [3.05, 3.63) is 35.7 Å². The Morgan fingerprint density at radius 3 is 3.11 bits per heavy atom. The van der Waals surface area contributed by atoms with Gasteiger partial charge < -0.3 is 14.8 Å². The van der Waals surface area contributed by atoms with Crippen LogP contribution in [0.4, 0.5) is 0 Å². The fourth-order valence-corrected chi connectivity index (χ4v) is 2.32. The van der Waals surface area contributed by atoms with Crippen LogP contribution < -0.4 is 5.73 Å². The number of aryl methyl sites for hydroxylation is 1. The maximum absolute atomic E-state index is 6.19. The van der Waals surface area contributed by atoms with Gasteiger partial charge in [-0.05, 0) is 36.8 Å². The van der Waals surface area contributed by atoms with Crippen LogP contribution in [0, 0.1) is 5.92 Å². The van der Waals surface area contributed by atoms with E-state index in [9.17, 15) is 0 Å². The van der Waals surface area contributed by atoms with Gasteiger partial charge >= 0.3 is 0 Å². The maximum Gasteiger partial charge on any atom is 0.226 e. The minimum atomic E-state index is 0.183. The first-order valence-electron chi connectivity index (χ1n) is 6.99. The smallest absolute Gasteiger partial charge is 0.226 e. The fraction of sp³-hybridized carbons (Fsp3) is 0.571. The Bertz CT molecular complexity index is 541. The topological polar surface area (TPSA) is 69.9 Å². The van der Waals surface area contributed by atoms with Crippen molar-refractivity contribution in [2.75, 3.05) is 0 Å². The highest BCUT2D eigenvalue weighted by Gasteiger charge is 2.29. The number of rotatable bonds is 6. The van der Waals surface area contributed by atoms with Crippen LogP contribution in [0.3, 0.4) is 0 Å². The standard InChI is InChI=1S/C14H20N4O/c1-2-3-13-16-12(17-19-13)9-18-7-6-11(8-18)14(15)10-4-5-10/h6-8,10,14H,2-5,9,15H2,1H3.